The van der Waals surface area contributed by atoms with E-state index in [9.17, 15) is 9.59 Å². The average molecular weight is 480 g/mol. The number of hydrogen-bond donors (Lipinski definition) is 3. The Labute approximate surface area is 203 Å². The summed E-state index contributed by atoms with van der Waals surface area (Å²) in [4.78, 5) is 31.1. The van der Waals surface area contributed by atoms with Gasteiger partial charge < -0.3 is 20.3 Å². The average Bonchev–Trinajstić information content (AvgIpc) is 3.31. The van der Waals surface area contributed by atoms with Gasteiger partial charge >= 0.3 is 6.03 Å². The summed E-state index contributed by atoms with van der Waals surface area (Å²) in [5.74, 6) is 0.792. The van der Waals surface area contributed by atoms with Crippen LogP contribution >= 0.6 is 0 Å². The van der Waals surface area contributed by atoms with Gasteiger partial charge in [-0.25, -0.2) is 9.78 Å². The molecule has 12 heteroatoms. The second kappa shape index (κ2) is 9.57. The van der Waals surface area contributed by atoms with Crippen LogP contribution < -0.4 is 20.7 Å². The zero-order valence-corrected chi connectivity index (χ0v) is 20.4. The third-order valence-corrected chi connectivity index (χ3v) is 5.59. The summed E-state index contributed by atoms with van der Waals surface area (Å²) in [6.07, 6.45) is 1.65. The Morgan fingerprint density at radius 1 is 1.17 bits per heavy atom. The number of anilines is 3. The van der Waals surface area contributed by atoms with Crippen LogP contribution in [0.25, 0.3) is 11.4 Å². The highest BCUT2D eigenvalue weighted by atomic mass is 16.5. The van der Waals surface area contributed by atoms with Crippen molar-refractivity contribution in [2.75, 3.05) is 37.9 Å². The maximum atomic E-state index is 12.6. The van der Waals surface area contributed by atoms with Crippen LogP contribution in [0.5, 0.6) is 5.75 Å². The smallest absolute Gasteiger partial charge is 0.323 e. The fraction of sp³-hybridized carbons (Fsp3) is 0.391. The van der Waals surface area contributed by atoms with Gasteiger partial charge in [-0.2, -0.15) is 5.10 Å². The Balaban J connectivity index is 1.65. The molecule has 184 valence electrons. The molecule has 0 spiro atoms. The molecule has 2 aromatic heterocycles. The molecule has 35 heavy (non-hydrogen) atoms. The quantitative estimate of drug-likeness (QED) is 0.470. The van der Waals surface area contributed by atoms with E-state index in [2.05, 4.69) is 50.1 Å². The van der Waals surface area contributed by atoms with Gasteiger partial charge in [-0.15, -0.1) is 10.2 Å². The first-order valence-electron chi connectivity index (χ1n) is 11.2. The molecule has 0 saturated carbocycles. The minimum absolute atomic E-state index is 0.0661. The first-order chi connectivity index (χ1) is 16.7. The molecule has 0 radical (unpaired) electrons. The van der Waals surface area contributed by atoms with Crippen LogP contribution in [-0.2, 0) is 6.54 Å². The van der Waals surface area contributed by atoms with Crippen LogP contribution in [0.15, 0.2) is 30.6 Å². The van der Waals surface area contributed by atoms with E-state index in [1.807, 2.05) is 19.1 Å². The second-order valence-electron chi connectivity index (χ2n) is 8.96. The number of nitrogens with one attached hydrogen (secondary N) is 3. The monoisotopic (exact) mass is 479 g/mol. The number of methoxy groups -OCH3 is 1. The summed E-state index contributed by atoms with van der Waals surface area (Å²) in [7, 11) is 3.05. The predicted octanol–water partition coefficient (Wildman–Crippen LogP) is 2.74. The Hall–Kier alpha value is -4.22. The molecule has 0 unspecified atom stereocenters. The number of amides is 3. The molecule has 1 aliphatic rings. The Bertz CT molecular complexity index is 1250. The molecular weight excluding hydrogens is 450 g/mol. The fourth-order valence-corrected chi connectivity index (χ4v) is 3.90. The van der Waals surface area contributed by atoms with Gasteiger partial charge in [0, 0.05) is 38.2 Å². The third kappa shape index (κ3) is 5.00. The number of urea groups is 1. The molecule has 3 heterocycles. The van der Waals surface area contributed by atoms with Crippen molar-refractivity contribution in [1.29, 1.82) is 0 Å². The van der Waals surface area contributed by atoms with Crippen molar-refractivity contribution in [1.82, 2.24) is 35.2 Å². The van der Waals surface area contributed by atoms with Gasteiger partial charge in [-0.05, 0) is 19.1 Å². The summed E-state index contributed by atoms with van der Waals surface area (Å²) in [5.41, 5.74) is 1.76. The lowest BCUT2D eigenvalue weighted by molar-refractivity contribution is 0.0687. The Kier molecular flexibility index (Phi) is 6.54. The topological polar surface area (TPSA) is 139 Å². The number of benzene rings is 1. The molecule has 0 aliphatic carbocycles. The van der Waals surface area contributed by atoms with Crippen molar-refractivity contribution in [2.24, 2.45) is 5.41 Å². The van der Waals surface area contributed by atoms with Gasteiger partial charge in [0.15, 0.2) is 23.1 Å². The molecule has 1 aliphatic heterocycles. The number of likely N-dealkylation sites (tertiary alicyclic amines) is 1. The van der Waals surface area contributed by atoms with E-state index in [4.69, 9.17) is 4.74 Å². The number of aryl methyl sites for hydroxylation is 1. The van der Waals surface area contributed by atoms with Gasteiger partial charge in [0.25, 0.3) is 5.91 Å². The van der Waals surface area contributed by atoms with Crippen LogP contribution in [-0.4, -0.2) is 69.0 Å². The van der Waals surface area contributed by atoms with E-state index >= 15 is 0 Å². The summed E-state index contributed by atoms with van der Waals surface area (Å²) >= 11 is 0. The Morgan fingerprint density at radius 3 is 2.57 bits per heavy atom. The van der Waals surface area contributed by atoms with Crippen molar-refractivity contribution in [3.63, 3.8) is 0 Å². The maximum absolute atomic E-state index is 12.6. The van der Waals surface area contributed by atoms with E-state index < -0.39 is 5.91 Å². The van der Waals surface area contributed by atoms with Gasteiger partial charge in [-0.1, -0.05) is 19.9 Å². The van der Waals surface area contributed by atoms with Crippen LogP contribution in [0.2, 0.25) is 0 Å². The van der Waals surface area contributed by atoms with Crippen molar-refractivity contribution >= 4 is 29.1 Å². The molecule has 0 bridgehead atoms. The highest BCUT2D eigenvalue weighted by Gasteiger charge is 2.37. The van der Waals surface area contributed by atoms with E-state index in [1.54, 1.807) is 35.2 Å². The van der Waals surface area contributed by atoms with Gasteiger partial charge in [-0.3, -0.25) is 14.8 Å². The fourth-order valence-electron chi connectivity index (χ4n) is 3.90. The number of para-hydroxylation sites is 1. The van der Waals surface area contributed by atoms with Crippen LogP contribution in [0.1, 0.15) is 31.3 Å². The van der Waals surface area contributed by atoms with Crippen molar-refractivity contribution in [3.8, 4) is 17.1 Å². The lowest BCUT2D eigenvalue weighted by Gasteiger charge is -2.45. The molecular formula is C23H29N9O3. The highest BCUT2D eigenvalue weighted by molar-refractivity contribution is 5.99. The highest BCUT2D eigenvalue weighted by Crippen LogP contribution is 2.37. The van der Waals surface area contributed by atoms with Crippen molar-refractivity contribution < 1.29 is 14.3 Å². The molecule has 12 nitrogen and oxygen atoms in total. The molecule has 3 amide bonds. The molecule has 4 rings (SSSR count). The Morgan fingerprint density at radius 2 is 1.94 bits per heavy atom. The zero-order chi connectivity index (χ0) is 25.2. The summed E-state index contributed by atoms with van der Waals surface area (Å²) in [5, 5.41) is 21.1. The number of nitrogens with zero attached hydrogens (tertiary/aromatic N) is 6. The van der Waals surface area contributed by atoms with E-state index in [1.165, 1.54) is 7.05 Å². The van der Waals surface area contributed by atoms with Crippen LogP contribution in [0.4, 0.5) is 22.0 Å². The van der Waals surface area contributed by atoms with E-state index in [0.717, 1.165) is 0 Å². The minimum Gasteiger partial charge on any atom is -0.494 e. The summed E-state index contributed by atoms with van der Waals surface area (Å²) in [6.45, 7) is 8.17. The number of carbonyl (C=O) groups is 2. The first-order valence-corrected chi connectivity index (χ1v) is 11.2. The van der Waals surface area contributed by atoms with E-state index in [-0.39, 0.29) is 23.0 Å². The second-order valence-corrected chi connectivity index (χ2v) is 8.96. The number of aromatic nitrogens is 5. The number of rotatable bonds is 7. The number of carbonyl (C=O) groups excluding carboxylic acids is 2. The summed E-state index contributed by atoms with van der Waals surface area (Å²) in [6, 6.07) is 6.78. The van der Waals surface area contributed by atoms with E-state index in [0.29, 0.717) is 48.1 Å². The van der Waals surface area contributed by atoms with Gasteiger partial charge in [0.05, 0.1) is 24.0 Å². The minimum atomic E-state index is -0.430. The van der Waals surface area contributed by atoms with Crippen molar-refractivity contribution in [2.45, 2.75) is 27.3 Å². The number of ether oxygens (including phenoxy) is 1. The molecule has 1 aromatic carbocycles. The van der Waals surface area contributed by atoms with Gasteiger partial charge in [0.2, 0.25) is 0 Å². The SMILES string of the molecule is CCn1cnc(-c2cccc(Nc3cc(NC(=O)N4CC(C)(C)C4)nnc3C(=O)NC)c2OC)n1. The molecule has 1 fully saturated rings. The lowest BCUT2D eigenvalue weighted by atomic mass is 9.85. The molecule has 3 N–H and O–H groups in total. The standard InChI is InChI=1S/C23H29N9O3/c1-6-32-13-25-20(30-32)14-8-7-9-15(19(14)35-5)26-16-10-17(28-29-18(16)21(33)24-4)27-22(34)31-11-23(2,3)12-31/h7-10,13H,6,11-12H2,1-5H3,(H,24,33)(H2,26,27,28,34). The van der Waals surface area contributed by atoms with Gasteiger partial charge in [0.1, 0.15) is 6.33 Å². The van der Waals surface area contributed by atoms with Crippen molar-refractivity contribution in [3.05, 3.63) is 36.3 Å². The number of hydrogen-bond acceptors (Lipinski definition) is 8. The third-order valence-electron chi connectivity index (χ3n) is 5.59. The van der Waals surface area contributed by atoms with Crippen LogP contribution in [0, 0.1) is 5.41 Å². The predicted molar refractivity (Wildman–Crippen MR) is 131 cm³/mol. The molecule has 3 aromatic rings. The normalized spacial score (nSPS) is 14.1. The maximum Gasteiger partial charge on any atom is 0.323 e. The summed E-state index contributed by atoms with van der Waals surface area (Å²) < 4.78 is 7.40. The largest absolute Gasteiger partial charge is 0.494 e. The first kappa shape index (κ1) is 23.9. The molecule has 0 atom stereocenters. The molecule has 1 saturated heterocycles. The lowest BCUT2D eigenvalue weighted by Crippen LogP contribution is -2.56. The zero-order valence-electron chi connectivity index (χ0n) is 20.4. The van der Waals surface area contributed by atoms with Crippen LogP contribution in [0.3, 0.4) is 0 Å².